The van der Waals surface area contributed by atoms with E-state index in [9.17, 15) is 16.8 Å². The van der Waals surface area contributed by atoms with E-state index < -0.39 is 19.9 Å². The summed E-state index contributed by atoms with van der Waals surface area (Å²) in [7, 11) is -4.19. The number of nitrogens with one attached hydrogen (secondary N) is 1. The van der Waals surface area contributed by atoms with Gasteiger partial charge in [0.2, 0.25) is 0 Å². The van der Waals surface area contributed by atoms with Crippen LogP contribution in [-0.2, 0) is 19.9 Å². The van der Waals surface area contributed by atoms with Crippen molar-refractivity contribution >= 4 is 25.5 Å². The Bertz CT molecular complexity index is 1110. The quantitative estimate of drug-likeness (QED) is 0.742. The van der Waals surface area contributed by atoms with Gasteiger partial charge >= 0.3 is 0 Å². The van der Waals surface area contributed by atoms with Crippen molar-refractivity contribution in [3.8, 4) is 11.5 Å². The van der Waals surface area contributed by atoms with E-state index >= 15 is 0 Å². The van der Waals surface area contributed by atoms with Gasteiger partial charge in [-0.15, -0.1) is 0 Å². The van der Waals surface area contributed by atoms with Crippen LogP contribution in [0.5, 0.6) is 11.5 Å². The molecule has 1 aromatic carbocycles. The maximum atomic E-state index is 13.1. The fraction of sp³-hybridized carbons (Fsp3) is 0.471. The van der Waals surface area contributed by atoms with Crippen molar-refractivity contribution < 1.29 is 26.3 Å². The fourth-order valence-electron chi connectivity index (χ4n) is 3.45. The van der Waals surface area contributed by atoms with Crippen LogP contribution in [0.3, 0.4) is 0 Å². The molecule has 9 nitrogen and oxygen atoms in total. The lowest BCUT2D eigenvalue weighted by Gasteiger charge is -2.14. The molecular weight excluding hydrogens is 406 g/mol. The standard InChI is InChI=1S/C17H23N3O6S2/c1-11-17(12(2)20(18-11)13-7-8-27(21,22)10-13)28(23,24)19-15-9-14(25-3)5-6-16(15)26-4/h5-6,9,13,19H,7-8,10H2,1-4H3. The zero-order chi connectivity index (χ0) is 20.7. The van der Waals surface area contributed by atoms with E-state index in [2.05, 4.69) is 9.82 Å². The number of nitrogens with zero attached hydrogens (tertiary/aromatic N) is 2. The monoisotopic (exact) mass is 429 g/mol. The normalized spacial score (nSPS) is 18.8. The van der Waals surface area contributed by atoms with Crippen LogP contribution in [0.2, 0.25) is 0 Å². The van der Waals surface area contributed by atoms with Gasteiger partial charge in [-0.05, 0) is 32.4 Å². The number of aromatic nitrogens is 2. The lowest BCUT2D eigenvalue weighted by Crippen LogP contribution is -2.17. The summed E-state index contributed by atoms with van der Waals surface area (Å²) in [6, 6.07) is 4.42. The summed E-state index contributed by atoms with van der Waals surface area (Å²) in [5, 5.41) is 4.32. The third kappa shape index (κ3) is 3.81. The molecule has 1 aromatic heterocycles. The number of methoxy groups -OCH3 is 2. The molecule has 154 valence electrons. The topological polar surface area (TPSA) is 117 Å². The molecule has 2 aromatic rings. The molecule has 0 saturated carbocycles. The van der Waals surface area contributed by atoms with Crippen molar-refractivity contribution in [2.24, 2.45) is 0 Å². The van der Waals surface area contributed by atoms with Gasteiger partial charge in [-0.25, -0.2) is 16.8 Å². The van der Waals surface area contributed by atoms with Crippen LogP contribution in [0.1, 0.15) is 23.9 Å². The van der Waals surface area contributed by atoms with E-state index in [1.807, 2.05) is 0 Å². The molecule has 1 N–H and O–H groups in total. The third-order valence-electron chi connectivity index (χ3n) is 4.73. The Morgan fingerprint density at radius 2 is 1.93 bits per heavy atom. The summed E-state index contributed by atoms with van der Waals surface area (Å²) in [6.45, 7) is 3.21. The first kappa shape index (κ1) is 20.5. The molecule has 1 atom stereocenters. The molecule has 1 aliphatic heterocycles. The van der Waals surface area contributed by atoms with Crippen molar-refractivity contribution in [3.05, 3.63) is 29.6 Å². The Kier molecular flexibility index (Phi) is 5.32. The van der Waals surface area contributed by atoms with Crippen LogP contribution in [0.4, 0.5) is 5.69 Å². The van der Waals surface area contributed by atoms with Gasteiger partial charge in [0.15, 0.2) is 9.84 Å². The van der Waals surface area contributed by atoms with Gasteiger partial charge in [-0.2, -0.15) is 5.10 Å². The molecule has 0 amide bonds. The Morgan fingerprint density at radius 1 is 1.21 bits per heavy atom. The van der Waals surface area contributed by atoms with E-state index in [1.165, 1.54) is 25.0 Å². The van der Waals surface area contributed by atoms with Gasteiger partial charge in [-0.1, -0.05) is 0 Å². The van der Waals surface area contributed by atoms with Crippen LogP contribution in [0.25, 0.3) is 0 Å². The number of benzene rings is 1. The van der Waals surface area contributed by atoms with Crippen molar-refractivity contribution in [3.63, 3.8) is 0 Å². The number of hydrogen-bond donors (Lipinski definition) is 1. The van der Waals surface area contributed by atoms with Crippen molar-refractivity contribution in [1.29, 1.82) is 0 Å². The van der Waals surface area contributed by atoms with Gasteiger partial charge < -0.3 is 9.47 Å². The zero-order valence-electron chi connectivity index (χ0n) is 16.1. The summed E-state index contributed by atoms with van der Waals surface area (Å²) >= 11 is 0. The largest absolute Gasteiger partial charge is 0.497 e. The molecular formula is C17H23N3O6S2. The first-order valence-corrected chi connectivity index (χ1v) is 11.9. The second kappa shape index (κ2) is 7.28. The molecule has 0 radical (unpaired) electrons. The predicted molar refractivity (Wildman–Crippen MR) is 104 cm³/mol. The second-order valence-electron chi connectivity index (χ2n) is 6.67. The average Bonchev–Trinajstić information content (AvgIpc) is 3.13. The highest BCUT2D eigenvalue weighted by Gasteiger charge is 2.34. The van der Waals surface area contributed by atoms with E-state index in [0.717, 1.165) is 0 Å². The lowest BCUT2D eigenvalue weighted by molar-refractivity contribution is 0.405. The molecule has 11 heteroatoms. The average molecular weight is 430 g/mol. The first-order chi connectivity index (χ1) is 13.1. The van der Waals surface area contributed by atoms with Crippen molar-refractivity contribution in [2.75, 3.05) is 30.4 Å². The number of sulfonamides is 1. The summed E-state index contributed by atoms with van der Waals surface area (Å²) in [5.41, 5.74) is 0.932. The molecule has 0 bridgehead atoms. The van der Waals surface area contributed by atoms with Gasteiger partial charge in [0.05, 0.1) is 48.8 Å². The van der Waals surface area contributed by atoms with E-state index in [4.69, 9.17) is 9.47 Å². The van der Waals surface area contributed by atoms with Crippen molar-refractivity contribution in [2.45, 2.75) is 31.2 Å². The van der Waals surface area contributed by atoms with Gasteiger partial charge in [-0.3, -0.25) is 9.40 Å². The Hall–Kier alpha value is -2.27. The lowest BCUT2D eigenvalue weighted by atomic mass is 10.2. The summed E-state index contributed by atoms with van der Waals surface area (Å²) in [6.07, 6.45) is 0.418. The first-order valence-electron chi connectivity index (χ1n) is 8.59. The van der Waals surface area contributed by atoms with Crippen LogP contribution < -0.4 is 14.2 Å². The highest BCUT2D eigenvalue weighted by Crippen LogP contribution is 2.33. The molecule has 3 rings (SSSR count). The number of anilines is 1. The molecule has 1 unspecified atom stereocenters. The molecule has 1 fully saturated rings. The molecule has 1 saturated heterocycles. The Morgan fingerprint density at radius 3 is 2.50 bits per heavy atom. The molecule has 2 heterocycles. The summed E-state index contributed by atoms with van der Waals surface area (Å²) in [5.74, 6) is 0.857. The zero-order valence-corrected chi connectivity index (χ0v) is 17.7. The van der Waals surface area contributed by atoms with E-state index in [1.54, 1.807) is 26.0 Å². The maximum absolute atomic E-state index is 13.1. The minimum Gasteiger partial charge on any atom is -0.497 e. The predicted octanol–water partition coefficient (Wildman–Crippen LogP) is 1.68. The van der Waals surface area contributed by atoms with Gasteiger partial charge in [0.1, 0.15) is 16.4 Å². The minimum atomic E-state index is -3.99. The number of ether oxygens (including phenoxy) is 2. The van der Waals surface area contributed by atoms with Crippen LogP contribution in [0, 0.1) is 13.8 Å². The number of hydrogen-bond acceptors (Lipinski definition) is 7. The second-order valence-corrected chi connectivity index (χ2v) is 10.5. The van der Waals surface area contributed by atoms with E-state index in [0.29, 0.717) is 29.3 Å². The molecule has 0 spiro atoms. The Labute approximate surface area is 164 Å². The molecule has 28 heavy (non-hydrogen) atoms. The summed E-state index contributed by atoms with van der Waals surface area (Å²) in [4.78, 5) is 0.0293. The van der Waals surface area contributed by atoms with Gasteiger partial charge in [0, 0.05) is 6.07 Å². The minimum absolute atomic E-state index is 0.0293. The maximum Gasteiger partial charge on any atom is 0.265 e. The smallest absolute Gasteiger partial charge is 0.265 e. The van der Waals surface area contributed by atoms with Crippen LogP contribution in [0.15, 0.2) is 23.1 Å². The third-order valence-corrected chi connectivity index (χ3v) is 8.10. The highest BCUT2D eigenvalue weighted by atomic mass is 32.2. The van der Waals surface area contributed by atoms with Gasteiger partial charge in [0.25, 0.3) is 10.0 Å². The summed E-state index contributed by atoms with van der Waals surface area (Å²) < 4.78 is 64.2. The highest BCUT2D eigenvalue weighted by molar-refractivity contribution is 7.93. The molecule has 0 aliphatic carbocycles. The number of rotatable bonds is 6. The van der Waals surface area contributed by atoms with Crippen molar-refractivity contribution in [1.82, 2.24) is 9.78 Å². The van der Waals surface area contributed by atoms with E-state index in [-0.39, 0.29) is 28.1 Å². The van der Waals surface area contributed by atoms with Crippen LogP contribution in [-0.4, -0.2) is 52.3 Å². The molecule has 1 aliphatic rings. The fourth-order valence-corrected chi connectivity index (χ4v) is 6.61. The van der Waals surface area contributed by atoms with Crippen LogP contribution >= 0.6 is 0 Å². The SMILES string of the molecule is COc1ccc(OC)c(NS(=O)(=O)c2c(C)nn(C3CCS(=O)(=O)C3)c2C)c1. The number of sulfone groups is 1. The number of aryl methyl sites for hydroxylation is 1. The Balaban J connectivity index is 2.00.